The Morgan fingerprint density at radius 2 is 1.84 bits per heavy atom. The Balaban J connectivity index is 1.71. The van der Waals surface area contributed by atoms with E-state index < -0.39 is 0 Å². The van der Waals surface area contributed by atoms with Gasteiger partial charge in [0.1, 0.15) is 5.82 Å². The summed E-state index contributed by atoms with van der Waals surface area (Å²) in [6, 6.07) is 6.27. The van der Waals surface area contributed by atoms with E-state index in [0.717, 1.165) is 24.8 Å². The minimum absolute atomic E-state index is 0.0248. The van der Waals surface area contributed by atoms with Crippen LogP contribution in [0.2, 0.25) is 0 Å². The first-order valence-electron chi connectivity index (χ1n) is 8.92. The van der Waals surface area contributed by atoms with Gasteiger partial charge in [0.25, 0.3) is 0 Å². The summed E-state index contributed by atoms with van der Waals surface area (Å²) >= 11 is 0. The van der Waals surface area contributed by atoms with Crippen molar-refractivity contribution in [3.05, 3.63) is 35.6 Å². The average molecular weight is 348 g/mol. The molecule has 1 saturated heterocycles. The molecule has 0 spiro atoms. The molecule has 2 fully saturated rings. The number of carbonyl (C=O) groups excluding carboxylic acids is 2. The molecule has 1 aliphatic heterocycles. The third kappa shape index (κ3) is 4.37. The number of piperidine rings is 1. The van der Waals surface area contributed by atoms with Crippen molar-refractivity contribution in [2.45, 2.75) is 31.7 Å². The molecule has 136 valence electrons. The molecular formula is C19H25FN2O3. The Morgan fingerprint density at radius 3 is 2.48 bits per heavy atom. The van der Waals surface area contributed by atoms with Crippen LogP contribution in [0, 0.1) is 17.7 Å². The van der Waals surface area contributed by atoms with Crippen LogP contribution < -0.4 is 5.32 Å². The summed E-state index contributed by atoms with van der Waals surface area (Å²) in [5, 5.41) is 2.87. The number of nitrogens with zero attached hydrogens (tertiary/aromatic N) is 1. The smallest absolute Gasteiger partial charge is 0.226 e. The van der Waals surface area contributed by atoms with E-state index in [1.807, 2.05) is 4.90 Å². The Kier molecular flexibility index (Phi) is 5.68. The average Bonchev–Trinajstić information content (AvgIpc) is 3.46. The van der Waals surface area contributed by atoms with Crippen molar-refractivity contribution in [1.29, 1.82) is 0 Å². The third-order valence-corrected chi connectivity index (χ3v) is 5.02. The number of carbonyl (C=O) groups is 2. The summed E-state index contributed by atoms with van der Waals surface area (Å²) in [6.07, 6.45) is 3.29. The first kappa shape index (κ1) is 17.9. The molecule has 0 radical (unpaired) electrons. The summed E-state index contributed by atoms with van der Waals surface area (Å²) in [6.45, 7) is 1.38. The number of rotatable bonds is 6. The van der Waals surface area contributed by atoms with Gasteiger partial charge in [-0.1, -0.05) is 12.1 Å². The highest BCUT2D eigenvalue weighted by Crippen LogP contribution is 2.39. The molecule has 0 bridgehead atoms. The molecule has 1 aromatic rings. The monoisotopic (exact) mass is 348 g/mol. The van der Waals surface area contributed by atoms with E-state index in [-0.39, 0.29) is 35.5 Å². The normalized spacial score (nSPS) is 23.4. The fourth-order valence-electron chi connectivity index (χ4n) is 3.45. The van der Waals surface area contributed by atoms with Crippen molar-refractivity contribution in [3.8, 4) is 0 Å². The van der Waals surface area contributed by atoms with E-state index >= 15 is 0 Å². The van der Waals surface area contributed by atoms with Crippen molar-refractivity contribution in [2.75, 3.05) is 26.8 Å². The summed E-state index contributed by atoms with van der Waals surface area (Å²) in [5.74, 6) is -0.281. The van der Waals surface area contributed by atoms with Crippen molar-refractivity contribution < 1.29 is 18.7 Å². The van der Waals surface area contributed by atoms with Gasteiger partial charge in [-0.2, -0.15) is 0 Å². The first-order valence-corrected chi connectivity index (χ1v) is 8.92. The zero-order chi connectivity index (χ0) is 17.8. The Morgan fingerprint density at radius 1 is 1.16 bits per heavy atom. The molecule has 1 N–H and O–H groups in total. The Bertz CT molecular complexity index is 616. The maximum Gasteiger partial charge on any atom is 0.226 e. The second-order valence-corrected chi connectivity index (χ2v) is 6.89. The standard InChI is InChI=1S/C19H25FN2O3/c1-25-11-10-21-18(23)15-6-9-17(13-4-7-16(20)8-5-13)22(12-15)19(24)14-2-3-14/h4-5,7-8,14-15,17H,2-3,6,9-12H2,1H3,(H,21,23)/t15-,17-/m0/s1. The lowest BCUT2D eigenvalue weighted by Crippen LogP contribution is -2.47. The molecule has 6 heteroatoms. The molecular weight excluding hydrogens is 323 g/mol. The highest BCUT2D eigenvalue weighted by molar-refractivity contribution is 5.84. The van der Waals surface area contributed by atoms with Crippen molar-refractivity contribution in [1.82, 2.24) is 10.2 Å². The van der Waals surface area contributed by atoms with Gasteiger partial charge in [0, 0.05) is 26.1 Å². The second kappa shape index (κ2) is 7.95. The van der Waals surface area contributed by atoms with Gasteiger partial charge in [0.05, 0.1) is 18.6 Å². The van der Waals surface area contributed by atoms with Gasteiger partial charge in [-0.3, -0.25) is 9.59 Å². The number of ether oxygens (including phenoxy) is 1. The summed E-state index contributed by atoms with van der Waals surface area (Å²) in [4.78, 5) is 26.9. The topological polar surface area (TPSA) is 58.6 Å². The fraction of sp³-hybridized carbons (Fsp3) is 0.579. The highest BCUT2D eigenvalue weighted by Gasteiger charge is 2.41. The van der Waals surface area contributed by atoms with Crippen LogP contribution in [0.25, 0.3) is 0 Å². The number of methoxy groups -OCH3 is 1. The quantitative estimate of drug-likeness (QED) is 0.803. The molecule has 1 saturated carbocycles. The number of likely N-dealkylation sites (tertiary alicyclic amines) is 1. The molecule has 0 aromatic heterocycles. The van der Waals surface area contributed by atoms with Gasteiger partial charge >= 0.3 is 0 Å². The minimum atomic E-state index is -0.282. The van der Waals surface area contributed by atoms with E-state index in [9.17, 15) is 14.0 Å². The van der Waals surface area contributed by atoms with Gasteiger partial charge < -0.3 is 15.0 Å². The highest BCUT2D eigenvalue weighted by atomic mass is 19.1. The van der Waals surface area contributed by atoms with E-state index in [0.29, 0.717) is 26.1 Å². The maximum absolute atomic E-state index is 13.2. The van der Waals surface area contributed by atoms with Gasteiger partial charge in [-0.15, -0.1) is 0 Å². The van der Waals surface area contributed by atoms with Gasteiger partial charge in [-0.05, 0) is 43.4 Å². The maximum atomic E-state index is 13.2. The number of nitrogens with one attached hydrogen (secondary N) is 1. The number of halogens is 1. The van der Waals surface area contributed by atoms with E-state index in [1.165, 1.54) is 12.1 Å². The fourth-order valence-corrected chi connectivity index (χ4v) is 3.45. The molecule has 5 nitrogen and oxygen atoms in total. The predicted octanol–water partition coefficient (Wildman–Crippen LogP) is 2.28. The van der Waals surface area contributed by atoms with Gasteiger partial charge in [0.2, 0.25) is 11.8 Å². The molecule has 1 heterocycles. The van der Waals surface area contributed by atoms with Crippen LogP contribution in [-0.2, 0) is 14.3 Å². The Hall–Kier alpha value is -1.95. The largest absolute Gasteiger partial charge is 0.383 e. The van der Waals surface area contributed by atoms with Crippen LogP contribution in [0.1, 0.15) is 37.3 Å². The summed E-state index contributed by atoms with van der Waals surface area (Å²) < 4.78 is 18.2. The lowest BCUT2D eigenvalue weighted by atomic mass is 9.88. The zero-order valence-corrected chi connectivity index (χ0v) is 14.5. The van der Waals surface area contributed by atoms with Crippen LogP contribution >= 0.6 is 0 Å². The molecule has 0 unspecified atom stereocenters. The van der Waals surface area contributed by atoms with E-state index in [1.54, 1.807) is 19.2 Å². The van der Waals surface area contributed by atoms with Crippen LogP contribution in [0.3, 0.4) is 0 Å². The summed E-state index contributed by atoms with van der Waals surface area (Å²) in [5.41, 5.74) is 0.939. The summed E-state index contributed by atoms with van der Waals surface area (Å²) in [7, 11) is 1.59. The number of benzene rings is 1. The Labute approximate surface area is 147 Å². The number of hydrogen-bond acceptors (Lipinski definition) is 3. The van der Waals surface area contributed by atoms with Gasteiger partial charge in [-0.25, -0.2) is 4.39 Å². The molecule has 3 rings (SSSR count). The number of amides is 2. The van der Waals surface area contributed by atoms with Crippen LogP contribution in [0.5, 0.6) is 0 Å². The van der Waals surface area contributed by atoms with Crippen molar-refractivity contribution in [3.63, 3.8) is 0 Å². The van der Waals surface area contributed by atoms with Crippen LogP contribution in [-0.4, -0.2) is 43.5 Å². The van der Waals surface area contributed by atoms with Gasteiger partial charge in [0.15, 0.2) is 0 Å². The third-order valence-electron chi connectivity index (χ3n) is 5.02. The molecule has 2 atom stereocenters. The van der Waals surface area contributed by atoms with Crippen molar-refractivity contribution >= 4 is 11.8 Å². The lowest BCUT2D eigenvalue weighted by molar-refractivity contribution is -0.140. The molecule has 1 aliphatic carbocycles. The minimum Gasteiger partial charge on any atom is -0.383 e. The molecule has 2 aliphatic rings. The van der Waals surface area contributed by atoms with Crippen molar-refractivity contribution in [2.24, 2.45) is 11.8 Å². The van der Waals surface area contributed by atoms with Crippen LogP contribution in [0.4, 0.5) is 4.39 Å². The lowest BCUT2D eigenvalue weighted by Gasteiger charge is -2.39. The number of hydrogen-bond donors (Lipinski definition) is 1. The first-order chi connectivity index (χ1) is 12.1. The van der Waals surface area contributed by atoms with Crippen LogP contribution in [0.15, 0.2) is 24.3 Å². The molecule has 25 heavy (non-hydrogen) atoms. The van der Waals surface area contributed by atoms with E-state index in [2.05, 4.69) is 5.32 Å². The zero-order valence-electron chi connectivity index (χ0n) is 14.5. The predicted molar refractivity (Wildman–Crippen MR) is 91.2 cm³/mol. The molecule has 2 amide bonds. The van der Waals surface area contributed by atoms with E-state index in [4.69, 9.17) is 4.74 Å². The second-order valence-electron chi connectivity index (χ2n) is 6.89. The SMILES string of the molecule is COCCNC(=O)[C@H]1CC[C@@H](c2ccc(F)cc2)N(C(=O)C2CC2)C1. The molecule has 1 aromatic carbocycles.